The molecular weight excluding hydrogens is 487 g/mol. The van der Waals surface area contributed by atoms with Crippen LogP contribution in [0.5, 0.6) is 5.75 Å². The number of aromatic hydroxyl groups is 1. The fraction of sp³-hybridized carbons (Fsp3) is 0.273. The van der Waals surface area contributed by atoms with Gasteiger partial charge in [0.2, 0.25) is 11.7 Å². The molecule has 2 aromatic heterocycles. The average molecular weight is 512 g/mol. The van der Waals surface area contributed by atoms with Gasteiger partial charge in [-0.1, -0.05) is 35.5 Å². The van der Waals surface area contributed by atoms with Crippen molar-refractivity contribution >= 4 is 13.5 Å². The molecule has 1 unspecified atom stereocenters. The number of benzene rings is 2. The minimum atomic E-state index is -3.94. The van der Waals surface area contributed by atoms with Gasteiger partial charge in [0.25, 0.3) is 5.91 Å². The first kappa shape index (κ1) is 25.2. The Morgan fingerprint density at radius 1 is 1.06 bits per heavy atom. The Kier molecular flexibility index (Phi) is 7.84. The molecule has 0 aliphatic rings. The van der Waals surface area contributed by atoms with Gasteiger partial charge in [-0.2, -0.15) is 4.80 Å². The summed E-state index contributed by atoms with van der Waals surface area (Å²) in [5.41, 5.74) is 1.17. The van der Waals surface area contributed by atoms with E-state index >= 15 is 0 Å². The fourth-order valence-corrected chi connectivity index (χ4v) is 5.23. The number of hydrogen-bond acceptors (Lipinski definition) is 10. The number of phenolic OH excluding ortho intramolecular Hbond substituents is 1. The summed E-state index contributed by atoms with van der Waals surface area (Å²) in [5.74, 6) is -1.58. The van der Waals surface area contributed by atoms with Crippen molar-refractivity contribution in [3.05, 3.63) is 72.1 Å². The van der Waals surface area contributed by atoms with Crippen LogP contribution in [0.15, 0.2) is 60.8 Å². The molecular formula is C22H25N8O5P. The molecule has 0 fully saturated rings. The number of carbonyl (C=O) groups excluding carboxylic acids is 1. The molecule has 0 radical (unpaired) electrons. The van der Waals surface area contributed by atoms with Crippen LogP contribution in [0.1, 0.15) is 35.8 Å². The maximum atomic E-state index is 13.8. The first-order chi connectivity index (χ1) is 17.4. The zero-order valence-electron chi connectivity index (χ0n) is 19.6. The van der Waals surface area contributed by atoms with E-state index in [1.165, 1.54) is 21.7 Å². The van der Waals surface area contributed by atoms with E-state index in [0.717, 1.165) is 0 Å². The van der Waals surface area contributed by atoms with Crippen LogP contribution in [0.3, 0.4) is 0 Å². The maximum absolute atomic E-state index is 13.8. The third-order valence-electron chi connectivity index (χ3n) is 5.00. The van der Waals surface area contributed by atoms with E-state index in [-0.39, 0.29) is 31.3 Å². The lowest BCUT2D eigenvalue weighted by Gasteiger charge is -2.27. The van der Waals surface area contributed by atoms with Crippen LogP contribution >= 0.6 is 7.60 Å². The first-order valence-electron chi connectivity index (χ1n) is 11.1. The van der Waals surface area contributed by atoms with Gasteiger partial charge in [-0.05, 0) is 43.3 Å². The fourth-order valence-electron chi connectivity index (χ4n) is 3.41. The van der Waals surface area contributed by atoms with E-state index < -0.39 is 19.4 Å². The van der Waals surface area contributed by atoms with Crippen molar-refractivity contribution in [2.45, 2.75) is 26.3 Å². The van der Waals surface area contributed by atoms with Crippen LogP contribution in [0.4, 0.5) is 0 Å². The second kappa shape index (κ2) is 11.2. The van der Waals surface area contributed by atoms with Crippen LogP contribution in [-0.4, -0.2) is 59.4 Å². The van der Waals surface area contributed by atoms with Gasteiger partial charge in [0.15, 0.2) is 0 Å². The Morgan fingerprint density at radius 2 is 1.75 bits per heavy atom. The maximum Gasteiger partial charge on any atom is 0.375 e. The van der Waals surface area contributed by atoms with E-state index in [9.17, 15) is 14.5 Å². The van der Waals surface area contributed by atoms with Crippen molar-refractivity contribution in [2.24, 2.45) is 0 Å². The molecule has 13 nitrogen and oxygen atoms in total. The van der Waals surface area contributed by atoms with Gasteiger partial charge < -0.3 is 19.5 Å². The smallest absolute Gasteiger partial charge is 0.375 e. The van der Waals surface area contributed by atoms with Gasteiger partial charge in [-0.15, -0.1) is 15.3 Å². The molecule has 0 saturated heterocycles. The lowest BCUT2D eigenvalue weighted by atomic mass is 10.2. The van der Waals surface area contributed by atoms with Gasteiger partial charge in [0, 0.05) is 5.56 Å². The lowest BCUT2D eigenvalue weighted by molar-refractivity contribution is 0.0916. The number of hydrogen-bond donors (Lipinski definition) is 2. The number of tetrazole rings is 1. The molecule has 2 N–H and O–H groups in total. The van der Waals surface area contributed by atoms with Crippen LogP contribution in [0.2, 0.25) is 0 Å². The predicted molar refractivity (Wildman–Crippen MR) is 128 cm³/mol. The molecule has 0 bridgehead atoms. The number of aromatic nitrogens is 7. The SMILES string of the molecule is CCOP(=O)(OCC)C(NC(=O)c1ccccc1)n1nncc1Cn1nnc(-c2ccccc2O)n1. The second-order valence-electron chi connectivity index (χ2n) is 7.42. The Bertz CT molecular complexity index is 1350. The van der Waals surface area contributed by atoms with E-state index in [0.29, 0.717) is 16.8 Å². The topological polar surface area (TPSA) is 159 Å². The lowest BCUT2D eigenvalue weighted by Crippen LogP contribution is -2.35. The number of phenols is 1. The molecule has 188 valence electrons. The van der Waals surface area contributed by atoms with E-state index in [2.05, 4.69) is 31.0 Å². The zero-order valence-corrected chi connectivity index (χ0v) is 20.5. The van der Waals surface area contributed by atoms with Crippen LogP contribution in [0, 0.1) is 0 Å². The average Bonchev–Trinajstić information content (AvgIpc) is 3.53. The molecule has 36 heavy (non-hydrogen) atoms. The highest BCUT2D eigenvalue weighted by Gasteiger charge is 2.40. The van der Waals surface area contributed by atoms with Crippen molar-refractivity contribution in [1.29, 1.82) is 0 Å². The van der Waals surface area contributed by atoms with Gasteiger partial charge >= 0.3 is 7.60 Å². The normalized spacial score (nSPS) is 12.4. The van der Waals surface area contributed by atoms with Crippen LogP contribution < -0.4 is 5.32 Å². The number of nitrogens with one attached hydrogen (secondary N) is 1. The van der Waals surface area contributed by atoms with Crippen molar-refractivity contribution in [3.63, 3.8) is 0 Å². The monoisotopic (exact) mass is 512 g/mol. The van der Waals surface area contributed by atoms with Gasteiger partial charge in [-0.3, -0.25) is 9.36 Å². The number of nitrogens with zero attached hydrogens (tertiary/aromatic N) is 7. The van der Waals surface area contributed by atoms with E-state index in [4.69, 9.17) is 9.05 Å². The quantitative estimate of drug-likeness (QED) is 0.286. The van der Waals surface area contributed by atoms with Crippen LogP contribution in [0.25, 0.3) is 11.4 Å². The number of rotatable bonds is 11. The zero-order chi connectivity index (χ0) is 25.5. The third kappa shape index (κ3) is 5.48. The molecule has 1 amide bonds. The Labute approximate surface area is 206 Å². The van der Waals surface area contributed by atoms with Crippen LogP contribution in [-0.2, 0) is 20.2 Å². The molecule has 0 aliphatic carbocycles. The minimum absolute atomic E-state index is 0.0156. The molecule has 14 heteroatoms. The van der Waals surface area contributed by atoms with Gasteiger partial charge in [0.05, 0.1) is 30.7 Å². The summed E-state index contributed by atoms with van der Waals surface area (Å²) in [4.78, 5) is 14.3. The van der Waals surface area contributed by atoms with Crippen molar-refractivity contribution in [3.8, 4) is 17.1 Å². The highest BCUT2D eigenvalue weighted by molar-refractivity contribution is 7.53. The van der Waals surface area contributed by atoms with Crippen molar-refractivity contribution in [1.82, 2.24) is 40.5 Å². The minimum Gasteiger partial charge on any atom is -0.507 e. The molecule has 4 rings (SSSR count). The Balaban J connectivity index is 1.66. The standard InChI is InChI=1S/C22H25N8O5P/c1-3-34-36(33,35-4-2)22(24-21(32)16-10-6-5-7-11-16)30-17(14-23-27-30)15-29-26-20(25-28-29)18-12-8-9-13-19(18)31/h5-14,22,31H,3-4,15H2,1-2H3,(H,24,32). The summed E-state index contributed by atoms with van der Waals surface area (Å²) in [6, 6.07) is 15.1. The van der Waals surface area contributed by atoms with E-state index in [1.807, 2.05) is 0 Å². The molecule has 0 saturated carbocycles. The van der Waals surface area contributed by atoms with Gasteiger partial charge in [0.1, 0.15) is 12.3 Å². The summed E-state index contributed by atoms with van der Waals surface area (Å²) in [6.07, 6.45) is 1.42. The molecule has 0 spiro atoms. The number of para-hydroxylation sites is 1. The third-order valence-corrected chi connectivity index (χ3v) is 7.18. The number of carbonyl (C=O) groups is 1. The Morgan fingerprint density at radius 3 is 2.44 bits per heavy atom. The van der Waals surface area contributed by atoms with E-state index in [1.54, 1.807) is 62.4 Å². The summed E-state index contributed by atoms with van der Waals surface area (Å²) in [5, 5.41) is 33.1. The number of amides is 1. The molecule has 1 atom stereocenters. The first-order valence-corrected chi connectivity index (χ1v) is 12.8. The summed E-state index contributed by atoms with van der Waals surface area (Å²) < 4.78 is 26.1. The largest absolute Gasteiger partial charge is 0.507 e. The molecule has 4 aromatic rings. The highest BCUT2D eigenvalue weighted by Crippen LogP contribution is 2.57. The van der Waals surface area contributed by atoms with Gasteiger partial charge in [-0.25, -0.2) is 4.68 Å². The van der Waals surface area contributed by atoms with Crippen molar-refractivity contribution in [2.75, 3.05) is 13.2 Å². The Hall–Kier alpha value is -3.93. The van der Waals surface area contributed by atoms with Crippen molar-refractivity contribution < 1.29 is 23.5 Å². The molecule has 2 heterocycles. The predicted octanol–water partition coefficient (Wildman–Crippen LogP) is 2.84. The summed E-state index contributed by atoms with van der Waals surface area (Å²) in [7, 11) is -3.94. The summed E-state index contributed by atoms with van der Waals surface area (Å²) in [6.45, 7) is 3.51. The second-order valence-corrected chi connectivity index (χ2v) is 9.50. The molecule has 2 aromatic carbocycles. The summed E-state index contributed by atoms with van der Waals surface area (Å²) >= 11 is 0. The highest BCUT2D eigenvalue weighted by atomic mass is 31.2. The molecule has 0 aliphatic heterocycles.